The number of thiophene rings is 1. The summed E-state index contributed by atoms with van der Waals surface area (Å²) in [4.78, 5) is 39.0. The first-order valence-corrected chi connectivity index (χ1v) is 13.9. The summed E-state index contributed by atoms with van der Waals surface area (Å²) in [5, 5.41) is 19.4. The first-order valence-electron chi connectivity index (χ1n) is 13.1. The van der Waals surface area contributed by atoms with Gasteiger partial charge in [-0.25, -0.2) is 0 Å². The molecule has 0 radical (unpaired) electrons. The van der Waals surface area contributed by atoms with Crippen LogP contribution in [0.4, 0.5) is 0 Å². The summed E-state index contributed by atoms with van der Waals surface area (Å²) in [6.45, 7) is 6.32. The number of carboxylic acids is 2. The molecule has 0 bridgehead atoms. The number of aliphatic carboxylic acids is 2. The van der Waals surface area contributed by atoms with Crippen molar-refractivity contribution in [3.63, 3.8) is 0 Å². The smallest absolute Gasteiger partial charge is 0.311 e. The summed E-state index contributed by atoms with van der Waals surface area (Å²) < 4.78 is 5.94. The largest absolute Gasteiger partial charge is 0.481 e. The molecule has 39 heavy (non-hydrogen) atoms. The quantitative estimate of drug-likeness (QED) is 0.215. The van der Waals surface area contributed by atoms with Crippen LogP contribution in [0.15, 0.2) is 60.7 Å². The molecule has 0 saturated carbocycles. The number of rotatable bonds is 8. The summed E-state index contributed by atoms with van der Waals surface area (Å²) in [7, 11) is 0. The molecule has 4 aromatic rings. The van der Waals surface area contributed by atoms with E-state index in [-0.39, 0.29) is 12.2 Å². The second-order valence-electron chi connectivity index (χ2n) is 9.65. The van der Waals surface area contributed by atoms with Gasteiger partial charge in [-0.1, -0.05) is 62.4 Å². The third-order valence-electron chi connectivity index (χ3n) is 7.29. The van der Waals surface area contributed by atoms with Gasteiger partial charge in [0, 0.05) is 21.3 Å². The normalized spacial score (nSPS) is 17.1. The number of ketones is 1. The molecule has 1 aliphatic rings. The maximum atomic E-state index is 12.1. The number of hydrogen-bond acceptors (Lipinski definition) is 5. The number of carbonyl (C=O) groups excluding carboxylic acids is 1. The minimum Gasteiger partial charge on any atom is -0.481 e. The molecule has 3 heterocycles. The van der Waals surface area contributed by atoms with Crippen molar-refractivity contribution >= 4 is 40.0 Å². The fourth-order valence-electron chi connectivity index (χ4n) is 5.05. The Balaban J connectivity index is 0.000000183. The topological polar surface area (TPSA) is 117 Å². The average molecular weight is 548 g/mol. The summed E-state index contributed by atoms with van der Waals surface area (Å²) in [5.74, 6) is -2.34. The number of fused-ring (bicyclic) bond motifs is 3. The molecule has 0 amide bonds. The van der Waals surface area contributed by atoms with E-state index in [9.17, 15) is 19.5 Å². The standard InChI is InChI=1S/C17H21NO3.C14H12O3S/c1-3-11-6-5-7-12-13-8-9-21-17(4-2,10-14(19)20)16(13)18-15(11)12;1-9(14(16)17)11-7-8-12(18-11)13(15)10-5-3-2-4-6-10/h5-7,18H,3-4,8-10H2,1-2H3,(H,19,20);2-9H,1H3,(H,16,17). The van der Waals surface area contributed by atoms with Gasteiger partial charge in [0.25, 0.3) is 0 Å². The highest BCUT2D eigenvalue weighted by Gasteiger charge is 2.40. The van der Waals surface area contributed by atoms with Crippen molar-refractivity contribution in [2.24, 2.45) is 0 Å². The van der Waals surface area contributed by atoms with Gasteiger partial charge in [-0.05, 0) is 49.4 Å². The maximum Gasteiger partial charge on any atom is 0.311 e. The van der Waals surface area contributed by atoms with Gasteiger partial charge in [-0.15, -0.1) is 11.3 Å². The number of carbonyl (C=O) groups is 3. The molecule has 2 unspecified atom stereocenters. The van der Waals surface area contributed by atoms with Gasteiger partial charge in [0.2, 0.25) is 5.78 Å². The van der Waals surface area contributed by atoms with Crippen LogP contribution >= 0.6 is 11.3 Å². The van der Waals surface area contributed by atoms with E-state index in [0.29, 0.717) is 28.3 Å². The van der Waals surface area contributed by atoms with E-state index in [1.54, 1.807) is 31.2 Å². The van der Waals surface area contributed by atoms with Crippen molar-refractivity contribution in [2.75, 3.05) is 6.61 Å². The third kappa shape index (κ3) is 5.82. The van der Waals surface area contributed by atoms with Gasteiger partial charge in [-0.2, -0.15) is 0 Å². The Bertz CT molecular complexity index is 1490. The minimum absolute atomic E-state index is 0.00474. The first-order chi connectivity index (χ1) is 18.7. The Morgan fingerprint density at radius 2 is 1.77 bits per heavy atom. The lowest BCUT2D eigenvalue weighted by molar-refractivity contribution is -0.148. The van der Waals surface area contributed by atoms with E-state index in [1.165, 1.54) is 27.8 Å². The van der Waals surface area contributed by atoms with Crippen molar-refractivity contribution in [1.29, 1.82) is 0 Å². The molecule has 0 fully saturated rings. The Hall–Kier alpha value is -3.75. The number of H-pyrrole nitrogens is 1. The summed E-state index contributed by atoms with van der Waals surface area (Å²) >= 11 is 1.24. The number of hydrogen-bond donors (Lipinski definition) is 3. The lowest BCUT2D eigenvalue weighted by atomic mass is 9.86. The highest BCUT2D eigenvalue weighted by atomic mass is 32.1. The van der Waals surface area contributed by atoms with Crippen molar-refractivity contribution in [3.8, 4) is 0 Å². The van der Waals surface area contributed by atoms with Crippen LogP contribution in [0.5, 0.6) is 0 Å². The summed E-state index contributed by atoms with van der Waals surface area (Å²) in [5.41, 5.74) is 4.50. The molecule has 1 aliphatic heterocycles. The maximum absolute atomic E-state index is 12.1. The van der Waals surface area contributed by atoms with Gasteiger partial charge in [0.15, 0.2) is 0 Å². The van der Waals surface area contributed by atoms with Crippen LogP contribution in [-0.4, -0.2) is 39.5 Å². The average Bonchev–Trinajstić information content (AvgIpc) is 3.59. The fourth-order valence-corrected chi connectivity index (χ4v) is 6.06. The molecule has 3 N–H and O–H groups in total. The van der Waals surface area contributed by atoms with Crippen molar-refractivity contribution in [3.05, 3.63) is 92.8 Å². The van der Waals surface area contributed by atoms with Gasteiger partial charge in [-0.3, -0.25) is 14.4 Å². The molecule has 2 atom stereocenters. The van der Waals surface area contributed by atoms with E-state index < -0.39 is 23.5 Å². The summed E-state index contributed by atoms with van der Waals surface area (Å²) in [6.07, 6.45) is 2.45. The highest BCUT2D eigenvalue weighted by Crippen LogP contribution is 2.42. The van der Waals surface area contributed by atoms with Crippen molar-refractivity contribution in [2.45, 2.75) is 58.0 Å². The van der Waals surface area contributed by atoms with E-state index in [4.69, 9.17) is 9.84 Å². The number of aromatic nitrogens is 1. The zero-order valence-corrected chi connectivity index (χ0v) is 23.1. The number of nitrogens with one attached hydrogen (secondary N) is 1. The number of aromatic amines is 1. The number of ether oxygens (including phenoxy) is 1. The van der Waals surface area contributed by atoms with Crippen molar-refractivity contribution in [1.82, 2.24) is 4.98 Å². The van der Waals surface area contributed by atoms with E-state index in [1.807, 2.05) is 25.1 Å². The SMILES string of the molecule is CC(C(=O)O)c1ccc(C(=O)c2ccccc2)s1.CCc1cccc2c3c([nH]c12)C(CC)(CC(=O)O)OCC3. The lowest BCUT2D eigenvalue weighted by Crippen LogP contribution is -2.37. The Kier molecular flexibility index (Phi) is 8.67. The second-order valence-corrected chi connectivity index (χ2v) is 10.8. The molecule has 0 saturated heterocycles. The van der Waals surface area contributed by atoms with E-state index in [0.717, 1.165) is 24.1 Å². The van der Waals surface area contributed by atoms with Gasteiger partial charge < -0.3 is 19.9 Å². The lowest BCUT2D eigenvalue weighted by Gasteiger charge is -2.35. The second kappa shape index (κ2) is 12.0. The number of carboxylic acid groups (broad SMARTS) is 2. The molecule has 5 rings (SSSR count). The van der Waals surface area contributed by atoms with Crippen LogP contribution < -0.4 is 0 Å². The molecule has 8 heteroatoms. The molecule has 2 aromatic heterocycles. The van der Waals surface area contributed by atoms with Crippen LogP contribution in [0, 0.1) is 0 Å². The Morgan fingerprint density at radius 1 is 1.03 bits per heavy atom. The zero-order chi connectivity index (χ0) is 28.2. The van der Waals surface area contributed by atoms with Gasteiger partial charge in [0.1, 0.15) is 5.60 Å². The van der Waals surface area contributed by atoms with E-state index >= 15 is 0 Å². The predicted molar refractivity (Wildman–Crippen MR) is 152 cm³/mol. The molecule has 2 aromatic carbocycles. The zero-order valence-electron chi connectivity index (χ0n) is 22.3. The van der Waals surface area contributed by atoms with Crippen LogP contribution in [0.25, 0.3) is 10.9 Å². The Morgan fingerprint density at radius 3 is 2.41 bits per heavy atom. The number of para-hydroxylation sites is 1. The first kappa shape index (κ1) is 28.3. The number of aryl methyl sites for hydroxylation is 1. The molecular weight excluding hydrogens is 514 g/mol. The fraction of sp³-hybridized carbons (Fsp3) is 0.323. The van der Waals surface area contributed by atoms with Crippen LogP contribution in [0.3, 0.4) is 0 Å². The van der Waals surface area contributed by atoms with Crippen LogP contribution in [0.2, 0.25) is 0 Å². The number of benzene rings is 2. The molecule has 204 valence electrons. The third-order valence-corrected chi connectivity index (χ3v) is 8.55. The monoisotopic (exact) mass is 547 g/mol. The molecule has 0 aliphatic carbocycles. The van der Waals surface area contributed by atoms with Gasteiger partial charge in [0.05, 0.1) is 29.5 Å². The van der Waals surface area contributed by atoms with Crippen molar-refractivity contribution < 1.29 is 29.3 Å². The molecule has 0 spiro atoms. The molecular formula is C31H33NO6S. The van der Waals surface area contributed by atoms with Gasteiger partial charge >= 0.3 is 11.9 Å². The van der Waals surface area contributed by atoms with E-state index in [2.05, 4.69) is 30.1 Å². The predicted octanol–water partition coefficient (Wildman–Crippen LogP) is 6.55. The van der Waals surface area contributed by atoms with Crippen LogP contribution in [0.1, 0.15) is 76.5 Å². The summed E-state index contributed by atoms with van der Waals surface area (Å²) in [6, 6.07) is 18.7. The highest BCUT2D eigenvalue weighted by molar-refractivity contribution is 7.14. The van der Waals surface area contributed by atoms with Crippen LogP contribution in [-0.2, 0) is 32.8 Å². The Labute approximate surface area is 231 Å². The minimum atomic E-state index is -0.879. The molecule has 7 nitrogen and oxygen atoms in total.